The summed E-state index contributed by atoms with van der Waals surface area (Å²) in [6.45, 7) is 1.38. The number of hydrogen-bond donors (Lipinski definition) is 0. The molecule has 1 amide bonds. The monoisotopic (exact) mass is 305 g/mol. The summed E-state index contributed by atoms with van der Waals surface area (Å²) in [6, 6.07) is 7.11. The van der Waals surface area contributed by atoms with Crippen molar-refractivity contribution in [3.05, 3.63) is 53.7 Å². The summed E-state index contributed by atoms with van der Waals surface area (Å²) in [4.78, 5) is 24.9. The first-order chi connectivity index (χ1) is 10.5. The second-order valence-electron chi connectivity index (χ2n) is 4.81. The van der Waals surface area contributed by atoms with E-state index in [-0.39, 0.29) is 29.6 Å². The van der Waals surface area contributed by atoms with Crippen LogP contribution in [0.3, 0.4) is 0 Å². The molecule has 0 bridgehead atoms. The van der Waals surface area contributed by atoms with Gasteiger partial charge in [0.15, 0.2) is 12.4 Å². The normalized spacial score (nSPS) is 10.3. The zero-order valence-corrected chi connectivity index (χ0v) is 12.3. The summed E-state index contributed by atoms with van der Waals surface area (Å²) < 4.78 is 23.7. The van der Waals surface area contributed by atoms with Crippen LogP contribution in [0.2, 0.25) is 0 Å². The SMILES string of the molecule is CC(=O)c1cc(F)ccc1OCC(=O)N(C)Cc1ccco1. The molecule has 0 fully saturated rings. The van der Waals surface area contributed by atoms with Gasteiger partial charge >= 0.3 is 0 Å². The summed E-state index contributed by atoms with van der Waals surface area (Å²) >= 11 is 0. The van der Waals surface area contributed by atoms with E-state index in [0.29, 0.717) is 12.3 Å². The third-order valence-electron chi connectivity index (χ3n) is 3.07. The van der Waals surface area contributed by atoms with E-state index in [1.54, 1.807) is 19.2 Å². The molecular weight excluding hydrogens is 289 g/mol. The molecule has 0 atom stereocenters. The van der Waals surface area contributed by atoms with Gasteiger partial charge in [-0.3, -0.25) is 9.59 Å². The number of hydrogen-bond acceptors (Lipinski definition) is 4. The first-order valence-electron chi connectivity index (χ1n) is 6.67. The molecule has 0 spiro atoms. The Morgan fingerprint density at radius 1 is 1.32 bits per heavy atom. The highest BCUT2D eigenvalue weighted by Gasteiger charge is 2.14. The van der Waals surface area contributed by atoms with Crippen molar-refractivity contribution in [3.63, 3.8) is 0 Å². The molecule has 0 aliphatic rings. The molecule has 2 rings (SSSR count). The molecule has 1 aromatic heterocycles. The number of rotatable bonds is 6. The maximum Gasteiger partial charge on any atom is 0.260 e. The lowest BCUT2D eigenvalue weighted by Crippen LogP contribution is -2.31. The molecule has 116 valence electrons. The third kappa shape index (κ3) is 3.94. The standard InChI is InChI=1S/C16H16FNO4/c1-11(19)14-8-12(17)5-6-15(14)22-10-16(20)18(2)9-13-4-3-7-21-13/h3-8H,9-10H2,1-2H3. The van der Waals surface area contributed by atoms with Crippen molar-refractivity contribution in [1.29, 1.82) is 0 Å². The number of furan rings is 1. The van der Waals surface area contributed by atoms with E-state index in [4.69, 9.17) is 9.15 Å². The number of amides is 1. The van der Waals surface area contributed by atoms with Crippen LogP contribution in [0.1, 0.15) is 23.0 Å². The predicted molar refractivity (Wildman–Crippen MR) is 77.1 cm³/mol. The van der Waals surface area contributed by atoms with E-state index >= 15 is 0 Å². The van der Waals surface area contributed by atoms with Gasteiger partial charge in [0.2, 0.25) is 0 Å². The van der Waals surface area contributed by atoms with Crippen molar-refractivity contribution in [3.8, 4) is 5.75 Å². The van der Waals surface area contributed by atoms with Crippen molar-refractivity contribution < 1.29 is 23.1 Å². The summed E-state index contributed by atoms with van der Waals surface area (Å²) in [6.07, 6.45) is 1.53. The topological polar surface area (TPSA) is 59.8 Å². The average Bonchev–Trinajstić information content (AvgIpc) is 2.98. The molecule has 0 aliphatic heterocycles. The van der Waals surface area contributed by atoms with Gasteiger partial charge in [0.25, 0.3) is 5.91 Å². The Bertz CT molecular complexity index is 667. The largest absolute Gasteiger partial charge is 0.483 e. The molecule has 0 saturated heterocycles. The molecule has 1 heterocycles. The molecule has 0 aliphatic carbocycles. The summed E-state index contributed by atoms with van der Waals surface area (Å²) in [5, 5.41) is 0. The van der Waals surface area contributed by atoms with Crippen LogP contribution in [-0.2, 0) is 11.3 Å². The highest BCUT2D eigenvalue weighted by atomic mass is 19.1. The maximum absolute atomic E-state index is 13.2. The van der Waals surface area contributed by atoms with E-state index in [1.807, 2.05) is 0 Å². The van der Waals surface area contributed by atoms with Crippen LogP contribution in [0.15, 0.2) is 41.0 Å². The second kappa shape index (κ2) is 6.89. The minimum Gasteiger partial charge on any atom is -0.483 e. The molecule has 2 aromatic rings. The van der Waals surface area contributed by atoms with E-state index in [1.165, 1.54) is 30.2 Å². The van der Waals surface area contributed by atoms with Gasteiger partial charge in [-0.05, 0) is 37.3 Å². The number of Topliss-reactive ketones (excluding diaryl/α,β-unsaturated/α-hetero) is 1. The van der Waals surface area contributed by atoms with Crippen molar-refractivity contribution in [2.45, 2.75) is 13.5 Å². The van der Waals surface area contributed by atoms with Crippen molar-refractivity contribution in [2.24, 2.45) is 0 Å². The fourth-order valence-electron chi connectivity index (χ4n) is 1.88. The first kappa shape index (κ1) is 15.8. The average molecular weight is 305 g/mol. The van der Waals surface area contributed by atoms with Gasteiger partial charge in [-0.15, -0.1) is 0 Å². The lowest BCUT2D eigenvalue weighted by molar-refractivity contribution is -0.132. The molecule has 0 radical (unpaired) electrons. The molecular formula is C16H16FNO4. The lowest BCUT2D eigenvalue weighted by Gasteiger charge is -2.16. The Kier molecular flexibility index (Phi) is 4.93. The minimum atomic E-state index is -0.529. The number of carbonyl (C=O) groups excluding carboxylic acids is 2. The second-order valence-corrected chi connectivity index (χ2v) is 4.81. The Morgan fingerprint density at radius 3 is 2.73 bits per heavy atom. The van der Waals surface area contributed by atoms with Gasteiger partial charge in [0.05, 0.1) is 18.4 Å². The number of carbonyl (C=O) groups is 2. The summed E-state index contributed by atoms with van der Waals surface area (Å²) in [5.41, 5.74) is 0.112. The van der Waals surface area contributed by atoms with Crippen molar-refractivity contribution in [2.75, 3.05) is 13.7 Å². The van der Waals surface area contributed by atoms with E-state index in [2.05, 4.69) is 0 Å². The van der Waals surface area contributed by atoms with Crippen LogP contribution in [0, 0.1) is 5.82 Å². The van der Waals surface area contributed by atoms with Crippen LogP contribution < -0.4 is 4.74 Å². The van der Waals surface area contributed by atoms with E-state index in [9.17, 15) is 14.0 Å². The number of nitrogens with zero attached hydrogens (tertiary/aromatic N) is 1. The number of ether oxygens (including phenoxy) is 1. The quantitative estimate of drug-likeness (QED) is 0.770. The molecule has 5 nitrogen and oxygen atoms in total. The number of benzene rings is 1. The van der Waals surface area contributed by atoms with Gasteiger partial charge in [-0.2, -0.15) is 0 Å². The van der Waals surface area contributed by atoms with Crippen molar-refractivity contribution >= 4 is 11.7 Å². The molecule has 22 heavy (non-hydrogen) atoms. The zero-order chi connectivity index (χ0) is 16.1. The molecule has 0 saturated carbocycles. The Labute approximate surface area is 127 Å². The number of ketones is 1. The van der Waals surface area contributed by atoms with Gasteiger partial charge in [-0.25, -0.2) is 4.39 Å². The predicted octanol–water partition coefficient (Wildman–Crippen LogP) is 2.66. The Morgan fingerprint density at radius 2 is 2.09 bits per heavy atom. The van der Waals surface area contributed by atoms with Crippen LogP contribution in [0.4, 0.5) is 4.39 Å². The third-order valence-corrected chi connectivity index (χ3v) is 3.07. The first-order valence-corrected chi connectivity index (χ1v) is 6.67. The fraction of sp³-hybridized carbons (Fsp3) is 0.250. The van der Waals surface area contributed by atoms with Crippen LogP contribution in [-0.4, -0.2) is 30.2 Å². The van der Waals surface area contributed by atoms with Crippen LogP contribution in [0.5, 0.6) is 5.75 Å². The van der Waals surface area contributed by atoms with Gasteiger partial charge in [0.1, 0.15) is 17.3 Å². The van der Waals surface area contributed by atoms with Gasteiger partial charge in [0, 0.05) is 7.05 Å². The summed E-state index contributed by atoms with van der Waals surface area (Å²) in [5.74, 6) is -0.296. The highest BCUT2D eigenvalue weighted by molar-refractivity contribution is 5.96. The highest BCUT2D eigenvalue weighted by Crippen LogP contribution is 2.20. The maximum atomic E-state index is 13.2. The van der Waals surface area contributed by atoms with E-state index in [0.717, 1.165) is 6.07 Å². The van der Waals surface area contributed by atoms with Gasteiger partial charge < -0.3 is 14.1 Å². The summed E-state index contributed by atoms with van der Waals surface area (Å²) in [7, 11) is 1.62. The zero-order valence-electron chi connectivity index (χ0n) is 12.3. The Hall–Kier alpha value is -2.63. The van der Waals surface area contributed by atoms with Gasteiger partial charge in [-0.1, -0.05) is 0 Å². The van der Waals surface area contributed by atoms with Crippen LogP contribution >= 0.6 is 0 Å². The smallest absolute Gasteiger partial charge is 0.260 e. The molecule has 0 N–H and O–H groups in total. The number of halogens is 1. The van der Waals surface area contributed by atoms with Crippen LogP contribution in [0.25, 0.3) is 0 Å². The van der Waals surface area contributed by atoms with E-state index < -0.39 is 5.82 Å². The molecule has 6 heteroatoms. The molecule has 0 unspecified atom stereocenters. The Balaban J connectivity index is 1.97. The van der Waals surface area contributed by atoms with Crippen molar-refractivity contribution in [1.82, 2.24) is 4.90 Å². The fourth-order valence-corrected chi connectivity index (χ4v) is 1.88. The molecule has 1 aromatic carbocycles. The minimum absolute atomic E-state index is 0.112. The number of likely N-dealkylation sites (N-methyl/N-ethyl adjacent to an activating group) is 1. The lowest BCUT2D eigenvalue weighted by atomic mass is 10.1.